The van der Waals surface area contributed by atoms with Crippen molar-refractivity contribution < 1.29 is 4.74 Å². The van der Waals surface area contributed by atoms with E-state index in [-0.39, 0.29) is 0 Å². The van der Waals surface area contributed by atoms with Crippen molar-refractivity contribution in [2.75, 3.05) is 0 Å². The molecule has 0 radical (unpaired) electrons. The summed E-state index contributed by atoms with van der Waals surface area (Å²) in [5.41, 5.74) is 2.93. The van der Waals surface area contributed by atoms with Crippen LogP contribution in [0.25, 0.3) is 11.1 Å². The molecule has 3 nitrogen and oxygen atoms in total. The van der Waals surface area contributed by atoms with E-state index in [1.165, 1.54) is 0 Å². The Bertz CT molecular complexity index is 711. The van der Waals surface area contributed by atoms with E-state index < -0.39 is 0 Å². The van der Waals surface area contributed by atoms with Crippen molar-refractivity contribution in [2.45, 2.75) is 6.92 Å². The molecule has 3 rings (SSSR count). The molecule has 3 aromatic rings. The molecule has 0 atom stereocenters. The van der Waals surface area contributed by atoms with Gasteiger partial charge in [-0.25, -0.2) is 4.98 Å². The molecular weight excluding hydrogens is 248 g/mol. The van der Waals surface area contributed by atoms with E-state index in [2.05, 4.69) is 22.1 Å². The molecule has 0 fully saturated rings. The Kier molecular flexibility index (Phi) is 3.42. The van der Waals surface area contributed by atoms with Crippen LogP contribution in [0.3, 0.4) is 0 Å². The second-order valence-electron chi connectivity index (χ2n) is 4.41. The molecule has 0 saturated heterocycles. The molecule has 0 aliphatic rings. The first-order valence-electron chi connectivity index (χ1n) is 6.44. The molecule has 0 N–H and O–H groups in total. The average molecular weight is 262 g/mol. The maximum Gasteiger partial charge on any atom is 0.240 e. The van der Waals surface area contributed by atoms with Crippen molar-refractivity contribution in [3.63, 3.8) is 0 Å². The number of hydrogen-bond acceptors (Lipinski definition) is 3. The molecule has 20 heavy (non-hydrogen) atoms. The Morgan fingerprint density at radius 1 is 0.800 bits per heavy atom. The van der Waals surface area contributed by atoms with Crippen LogP contribution < -0.4 is 4.74 Å². The van der Waals surface area contributed by atoms with E-state index >= 15 is 0 Å². The normalized spacial score (nSPS) is 10.2. The molecule has 0 aliphatic carbocycles. The predicted octanol–water partition coefficient (Wildman–Crippen LogP) is 4.24. The summed E-state index contributed by atoms with van der Waals surface area (Å²) in [5.74, 6) is 1.32. The van der Waals surface area contributed by atoms with Crippen molar-refractivity contribution in [2.24, 2.45) is 0 Å². The molecule has 98 valence electrons. The fourth-order valence-electron chi connectivity index (χ4n) is 2.01. The van der Waals surface area contributed by atoms with Crippen molar-refractivity contribution >= 4 is 0 Å². The zero-order valence-electron chi connectivity index (χ0n) is 11.2. The lowest BCUT2D eigenvalue weighted by Gasteiger charge is -2.11. The van der Waals surface area contributed by atoms with Gasteiger partial charge in [0.25, 0.3) is 0 Å². The van der Waals surface area contributed by atoms with Crippen LogP contribution in [0.1, 0.15) is 5.69 Å². The van der Waals surface area contributed by atoms with Gasteiger partial charge in [0.15, 0.2) is 0 Å². The maximum absolute atomic E-state index is 5.92. The Morgan fingerprint density at radius 3 is 2.30 bits per heavy atom. The van der Waals surface area contributed by atoms with Gasteiger partial charge < -0.3 is 4.74 Å². The van der Waals surface area contributed by atoms with Gasteiger partial charge in [-0.3, -0.25) is 4.98 Å². The van der Waals surface area contributed by atoms with Crippen molar-refractivity contribution in [1.29, 1.82) is 0 Å². The third kappa shape index (κ3) is 2.52. The van der Waals surface area contributed by atoms with E-state index in [0.717, 1.165) is 22.6 Å². The molecule has 0 amide bonds. The van der Waals surface area contributed by atoms with Gasteiger partial charge in [0.1, 0.15) is 5.75 Å². The highest BCUT2D eigenvalue weighted by Crippen LogP contribution is 2.32. The molecule has 3 heteroatoms. The maximum atomic E-state index is 5.92. The molecular formula is C17H14N2O. The summed E-state index contributed by atoms with van der Waals surface area (Å²) in [4.78, 5) is 8.41. The van der Waals surface area contributed by atoms with Gasteiger partial charge in [0, 0.05) is 18.0 Å². The van der Waals surface area contributed by atoms with Crippen molar-refractivity contribution in [3.05, 3.63) is 72.7 Å². The SMILES string of the molecule is Cc1nccnc1Oc1ccccc1-c1ccccc1. The summed E-state index contributed by atoms with van der Waals surface area (Å²) in [6, 6.07) is 18.1. The van der Waals surface area contributed by atoms with Crippen LogP contribution in [0.15, 0.2) is 67.0 Å². The molecule has 1 heterocycles. The summed E-state index contributed by atoms with van der Waals surface area (Å²) < 4.78 is 5.92. The van der Waals surface area contributed by atoms with E-state index in [1.54, 1.807) is 12.4 Å². The highest BCUT2D eigenvalue weighted by Gasteiger charge is 2.08. The standard InChI is InChI=1S/C17H14N2O/c1-13-17(19-12-11-18-13)20-16-10-6-5-9-15(16)14-7-3-2-4-8-14/h2-12H,1H3. The summed E-state index contributed by atoms with van der Waals surface area (Å²) in [5, 5.41) is 0. The molecule has 0 aliphatic heterocycles. The third-order valence-electron chi connectivity index (χ3n) is 3.01. The number of ether oxygens (including phenoxy) is 1. The van der Waals surface area contributed by atoms with Gasteiger partial charge in [-0.05, 0) is 18.6 Å². The minimum atomic E-state index is 0.538. The van der Waals surface area contributed by atoms with Crippen LogP contribution in [0, 0.1) is 6.92 Å². The lowest BCUT2D eigenvalue weighted by molar-refractivity contribution is 0.457. The van der Waals surface area contributed by atoms with Crippen molar-refractivity contribution in [1.82, 2.24) is 9.97 Å². The number of aryl methyl sites for hydroxylation is 1. The molecule has 1 aromatic heterocycles. The topological polar surface area (TPSA) is 35.0 Å². The minimum Gasteiger partial charge on any atom is -0.437 e. The lowest BCUT2D eigenvalue weighted by atomic mass is 10.1. The number of nitrogens with zero attached hydrogens (tertiary/aromatic N) is 2. The smallest absolute Gasteiger partial charge is 0.240 e. The molecule has 0 spiro atoms. The Balaban J connectivity index is 2.01. The summed E-state index contributed by atoms with van der Waals surface area (Å²) in [6.07, 6.45) is 3.29. The number of para-hydroxylation sites is 1. The first-order chi connectivity index (χ1) is 9.84. The molecule has 0 unspecified atom stereocenters. The van der Waals surface area contributed by atoms with Crippen LogP contribution in [-0.2, 0) is 0 Å². The molecule has 0 saturated carbocycles. The highest BCUT2D eigenvalue weighted by atomic mass is 16.5. The Morgan fingerprint density at radius 2 is 1.50 bits per heavy atom. The van der Waals surface area contributed by atoms with E-state index in [4.69, 9.17) is 4.74 Å². The minimum absolute atomic E-state index is 0.538. The van der Waals surface area contributed by atoms with Crippen molar-refractivity contribution in [3.8, 4) is 22.8 Å². The zero-order chi connectivity index (χ0) is 13.8. The molecule has 2 aromatic carbocycles. The second-order valence-corrected chi connectivity index (χ2v) is 4.41. The monoisotopic (exact) mass is 262 g/mol. The second kappa shape index (κ2) is 5.53. The van der Waals surface area contributed by atoms with Gasteiger partial charge in [-0.15, -0.1) is 0 Å². The van der Waals surface area contributed by atoms with E-state index in [0.29, 0.717) is 5.88 Å². The summed E-state index contributed by atoms with van der Waals surface area (Å²) >= 11 is 0. The van der Waals surface area contributed by atoms with Crippen LogP contribution in [0.2, 0.25) is 0 Å². The summed E-state index contributed by atoms with van der Waals surface area (Å²) in [7, 11) is 0. The van der Waals surface area contributed by atoms with Crippen LogP contribution >= 0.6 is 0 Å². The van der Waals surface area contributed by atoms with Crippen LogP contribution in [0.4, 0.5) is 0 Å². The summed E-state index contributed by atoms with van der Waals surface area (Å²) in [6.45, 7) is 1.88. The lowest BCUT2D eigenvalue weighted by Crippen LogP contribution is -1.94. The fraction of sp³-hybridized carbons (Fsp3) is 0.0588. The van der Waals surface area contributed by atoms with Gasteiger partial charge in [-0.1, -0.05) is 48.5 Å². The largest absolute Gasteiger partial charge is 0.437 e. The first kappa shape index (κ1) is 12.4. The number of aromatic nitrogens is 2. The Labute approximate surface area is 117 Å². The number of benzene rings is 2. The van der Waals surface area contributed by atoms with Gasteiger partial charge in [0.2, 0.25) is 5.88 Å². The predicted molar refractivity (Wildman–Crippen MR) is 78.7 cm³/mol. The van der Waals surface area contributed by atoms with Crippen LogP contribution in [0.5, 0.6) is 11.6 Å². The van der Waals surface area contributed by atoms with Crippen LogP contribution in [-0.4, -0.2) is 9.97 Å². The number of hydrogen-bond donors (Lipinski definition) is 0. The average Bonchev–Trinajstić information content (AvgIpc) is 2.51. The molecule has 0 bridgehead atoms. The van der Waals surface area contributed by atoms with Gasteiger partial charge >= 0.3 is 0 Å². The Hall–Kier alpha value is -2.68. The third-order valence-corrected chi connectivity index (χ3v) is 3.01. The quantitative estimate of drug-likeness (QED) is 0.708. The fourth-order valence-corrected chi connectivity index (χ4v) is 2.01. The van der Waals surface area contributed by atoms with Gasteiger partial charge in [-0.2, -0.15) is 0 Å². The zero-order valence-corrected chi connectivity index (χ0v) is 11.2. The van der Waals surface area contributed by atoms with E-state index in [9.17, 15) is 0 Å². The first-order valence-corrected chi connectivity index (χ1v) is 6.44. The van der Waals surface area contributed by atoms with Gasteiger partial charge in [0.05, 0.1) is 5.69 Å². The van der Waals surface area contributed by atoms with E-state index in [1.807, 2.05) is 49.4 Å². The highest BCUT2D eigenvalue weighted by molar-refractivity contribution is 5.70. The number of rotatable bonds is 3.